The molecule has 8 heteroatoms. The first-order valence-electron chi connectivity index (χ1n) is 8.13. The van der Waals surface area contributed by atoms with Crippen LogP contribution < -0.4 is 5.32 Å². The maximum Gasteiger partial charge on any atom is 0.416 e. The first-order valence-corrected chi connectivity index (χ1v) is 8.51. The Labute approximate surface area is 160 Å². The second-order valence-corrected chi connectivity index (χ2v) is 6.17. The number of aliphatic hydroxyl groups is 1. The van der Waals surface area contributed by atoms with Crippen LogP contribution in [-0.4, -0.2) is 35.4 Å². The van der Waals surface area contributed by atoms with Gasteiger partial charge in [0.1, 0.15) is 0 Å². The molecule has 2 aromatic rings. The molecule has 0 spiro atoms. The monoisotopic (exact) mass is 403 g/mol. The van der Waals surface area contributed by atoms with E-state index in [9.17, 15) is 18.0 Å². The highest BCUT2D eigenvalue weighted by atomic mass is 35.5. The van der Waals surface area contributed by atoms with Gasteiger partial charge >= 0.3 is 12.1 Å². The van der Waals surface area contributed by atoms with E-state index in [1.807, 2.05) is 6.92 Å². The first kappa shape index (κ1) is 23.0. The highest BCUT2D eigenvalue weighted by Gasteiger charge is 2.30. The molecule has 1 atom stereocenters. The maximum absolute atomic E-state index is 12.5. The molecule has 0 radical (unpaired) electrons. The first-order chi connectivity index (χ1) is 12.6. The molecule has 1 unspecified atom stereocenters. The molecule has 0 saturated carbocycles. The molecular weight excluding hydrogens is 383 g/mol. The fraction of sp³-hybridized carbons (Fsp3) is 0.316. The summed E-state index contributed by atoms with van der Waals surface area (Å²) >= 11 is 5.54. The van der Waals surface area contributed by atoms with Crippen molar-refractivity contribution in [3.05, 3.63) is 70.2 Å². The molecule has 0 saturated heterocycles. The number of carboxylic acid groups (broad SMARTS) is 1. The van der Waals surface area contributed by atoms with Crippen LogP contribution in [0.1, 0.15) is 28.4 Å². The molecule has 0 aliphatic carbocycles. The van der Waals surface area contributed by atoms with Gasteiger partial charge in [0.2, 0.25) is 0 Å². The lowest BCUT2D eigenvalue weighted by Crippen LogP contribution is -2.30. The normalized spacial score (nSPS) is 12.1. The third-order valence-corrected chi connectivity index (χ3v) is 3.83. The van der Waals surface area contributed by atoms with E-state index in [1.165, 1.54) is 12.1 Å². The summed E-state index contributed by atoms with van der Waals surface area (Å²) in [6.45, 7) is 2.34. The second-order valence-electron chi connectivity index (χ2n) is 5.77. The average molecular weight is 404 g/mol. The van der Waals surface area contributed by atoms with E-state index in [4.69, 9.17) is 21.8 Å². The Morgan fingerprint density at radius 3 is 2.37 bits per heavy atom. The lowest BCUT2D eigenvalue weighted by molar-refractivity contribution is -0.137. The lowest BCUT2D eigenvalue weighted by atomic mass is 10.0. The number of aromatic carboxylic acids is 1. The minimum atomic E-state index is -4.29. The van der Waals surface area contributed by atoms with Gasteiger partial charge in [-0.1, -0.05) is 41.9 Å². The van der Waals surface area contributed by atoms with Crippen LogP contribution in [0.25, 0.3) is 0 Å². The molecule has 0 heterocycles. The van der Waals surface area contributed by atoms with E-state index in [1.54, 1.807) is 24.3 Å². The number of hydrogen-bond donors (Lipinski definition) is 3. The third-order valence-electron chi connectivity index (χ3n) is 3.51. The van der Waals surface area contributed by atoms with Crippen molar-refractivity contribution in [1.82, 2.24) is 5.32 Å². The molecular formula is C19H21ClF3NO3. The molecule has 4 nitrogen and oxygen atoms in total. The van der Waals surface area contributed by atoms with Crippen molar-refractivity contribution in [2.24, 2.45) is 0 Å². The summed E-state index contributed by atoms with van der Waals surface area (Å²) in [5.74, 6) is -0.995. The van der Waals surface area contributed by atoms with Crippen LogP contribution in [0, 0.1) is 0 Å². The van der Waals surface area contributed by atoms with Gasteiger partial charge in [-0.05, 0) is 37.1 Å². The SMILES string of the molecule is CC(Cc1cccc(C(F)(F)F)c1)NCCO.O=C(O)c1ccccc1Cl. The van der Waals surface area contributed by atoms with Crippen LogP contribution in [0.5, 0.6) is 0 Å². The molecule has 2 aromatic carbocycles. The molecule has 27 heavy (non-hydrogen) atoms. The van der Waals surface area contributed by atoms with Crippen molar-refractivity contribution in [2.75, 3.05) is 13.2 Å². The Morgan fingerprint density at radius 2 is 1.85 bits per heavy atom. The Balaban J connectivity index is 0.000000309. The Hall–Kier alpha value is -2.09. The molecule has 0 fully saturated rings. The van der Waals surface area contributed by atoms with Crippen LogP contribution in [0.4, 0.5) is 13.2 Å². The zero-order valence-corrected chi connectivity index (χ0v) is 15.4. The van der Waals surface area contributed by atoms with Crippen LogP contribution >= 0.6 is 11.6 Å². The quantitative estimate of drug-likeness (QED) is 0.674. The van der Waals surface area contributed by atoms with Crippen molar-refractivity contribution >= 4 is 17.6 Å². The molecule has 0 aliphatic heterocycles. The number of halogens is 4. The van der Waals surface area contributed by atoms with Gasteiger partial charge in [-0.25, -0.2) is 4.79 Å². The van der Waals surface area contributed by atoms with Crippen molar-refractivity contribution in [1.29, 1.82) is 0 Å². The summed E-state index contributed by atoms with van der Waals surface area (Å²) < 4.78 is 37.4. The van der Waals surface area contributed by atoms with Crippen molar-refractivity contribution in [3.63, 3.8) is 0 Å². The molecule has 0 aromatic heterocycles. The number of alkyl halides is 3. The van der Waals surface area contributed by atoms with Gasteiger partial charge in [0, 0.05) is 12.6 Å². The summed E-state index contributed by atoms with van der Waals surface area (Å²) in [6.07, 6.45) is -3.79. The standard InChI is InChI=1S/C12H16F3NO.C7H5ClO2/c1-9(16-5-6-17)7-10-3-2-4-11(8-10)12(13,14)15;8-6-4-2-1-3-5(6)7(9)10/h2-4,8-9,16-17H,5-7H2,1H3;1-4H,(H,9,10). The Morgan fingerprint density at radius 1 is 1.19 bits per heavy atom. The zero-order chi connectivity index (χ0) is 20.4. The van der Waals surface area contributed by atoms with Crippen LogP contribution in [0.15, 0.2) is 48.5 Å². The molecule has 0 bridgehead atoms. The number of carboxylic acids is 1. The van der Waals surface area contributed by atoms with E-state index < -0.39 is 17.7 Å². The topological polar surface area (TPSA) is 69.6 Å². The highest BCUT2D eigenvalue weighted by Crippen LogP contribution is 2.29. The molecule has 148 valence electrons. The van der Waals surface area contributed by atoms with E-state index in [-0.39, 0.29) is 23.2 Å². The number of carbonyl (C=O) groups is 1. The van der Waals surface area contributed by atoms with Gasteiger partial charge in [0.25, 0.3) is 0 Å². The minimum absolute atomic E-state index is 0.0208. The second kappa shape index (κ2) is 10.9. The zero-order valence-electron chi connectivity index (χ0n) is 14.6. The number of hydrogen-bond acceptors (Lipinski definition) is 3. The van der Waals surface area contributed by atoms with Gasteiger partial charge < -0.3 is 15.5 Å². The van der Waals surface area contributed by atoms with Crippen molar-refractivity contribution in [2.45, 2.75) is 25.6 Å². The van der Waals surface area contributed by atoms with Gasteiger partial charge in [-0.15, -0.1) is 0 Å². The van der Waals surface area contributed by atoms with E-state index >= 15 is 0 Å². The fourth-order valence-corrected chi connectivity index (χ4v) is 2.46. The summed E-state index contributed by atoms with van der Waals surface area (Å²) in [6, 6.07) is 11.7. The van der Waals surface area contributed by atoms with Crippen LogP contribution in [0.2, 0.25) is 5.02 Å². The van der Waals surface area contributed by atoms with Gasteiger partial charge in [-0.3, -0.25) is 0 Å². The summed E-state index contributed by atoms with van der Waals surface area (Å²) in [5, 5.41) is 20.4. The van der Waals surface area contributed by atoms with Gasteiger partial charge in [-0.2, -0.15) is 13.2 Å². The van der Waals surface area contributed by atoms with Gasteiger partial charge in [0.05, 0.1) is 22.8 Å². The summed E-state index contributed by atoms with van der Waals surface area (Å²) in [4.78, 5) is 10.3. The average Bonchev–Trinajstić information content (AvgIpc) is 2.60. The maximum atomic E-state index is 12.5. The molecule has 0 aliphatic rings. The highest BCUT2D eigenvalue weighted by molar-refractivity contribution is 6.33. The fourth-order valence-electron chi connectivity index (χ4n) is 2.25. The predicted molar refractivity (Wildman–Crippen MR) is 98.1 cm³/mol. The molecule has 2 rings (SSSR count). The van der Waals surface area contributed by atoms with Crippen molar-refractivity contribution in [3.8, 4) is 0 Å². The van der Waals surface area contributed by atoms with Crippen molar-refractivity contribution < 1.29 is 28.2 Å². The largest absolute Gasteiger partial charge is 0.478 e. The number of benzene rings is 2. The van der Waals surface area contributed by atoms with E-state index in [0.29, 0.717) is 18.5 Å². The molecule has 0 amide bonds. The Kier molecular flexibility index (Phi) is 9.28. The molecule has 3 N–H and O–H groups in total. The number of nitrogens with one attached hydrogen (secondary N) is 1. The number of rotatable bonds is 6. The Bertz CT molecular complexity index is 738. The van der Waals surface area contributed by atoms with E-state index in [0.717, 1.165) is 12.1 Å². The van der Waals surface area contributed by atoms with Crippen LogP contribution in [0.3, 0.4) is 0 Å². The van der Waals surface area contributed by atoms with E-state index in [2.05, 4.69) is 5.32 Å². The smallest absolute Gasteiger partial charge is 0.416 e. The lowest BCUT2D eigenvalue weighted by Gasteiger charge is -2.14. The van der Waals surface area contributed by atoms with Gasteiger partial charge in [0.15, 0.2) is 0 Å². The minimum Gasteiger partial charge on any atom is -0.478 e. The third kappa shape index (κ3) is 8.43. The summed E-state index contributed by atoms with van der Waals surface area (Å²) in [5.41, 5.74) is 0.159. The predicted octanol–water partition coefficient (Wildman–Crippen LogP) is 4.26. The van der Waals surface area contributed by atoms with Crippen LogP contribution in [-0.2, 0) is 12.6 Å². The number of aliphatic hydroxyl groups excluding tert-OH is 1. The summed E-state index contributed by atoms with van der Waals surface area (Å²) in [7, 11) is 0.